The minimum absolute atomic E-state index is 0.215. The van der Waals surface area contributed by atoms with E-state index in [1.54, 1.807) is 24.3 Å². The number of hydrogen-bond donors (Lipinski definition) is 1. The van der Waals surface area contributed by atoms with Crippen LogP contribution in [0.3, 0.4) is 0 Å². The van der Waals surface area contributed by atoms with Crippen LogP contribution >= 0.6 is 8.69 Å². The van der Waals surface area contributed by atoms with Crippen molar-refractivity contribution in [3.05, 3.63) is 48.6 Å². The first-order valence-electron chi connectivity index (χ1n) is 4.23. The number of benzene rings is 1. The van der Waals surface area contributed by atoms with Crippen molar-refractivity contribution in [2.75, 3.05) is 0 Å². The predicted molar refractivity (Wildman–Crippen MR) is 56.6 cm³/mol. The summed E-state index contributed by atoms with van der Waals surface area (Å²) in [4.78, 5) is 0. The summed E-state index contributed by atoms with van der Waals surface area (Å²) in [6, 6.07) is 8.85. The SMILES string of the molecule is C=CCC(O)(O[PH2]=O)c1ccccc1. The maximum Gasteiger partial charge on any atom is 0.202 e. The minimum Gasteiger partial charge on any atom is -0.361 e. The topological polar surface area (TPSA) is 46.5 Å². The highest BCUT2D eigenvalue weighted by atomic mass is 31.1. The standard InChI is InChI=1S/C10H13O3P/c1-2-8-10(11,13-14-12)9-6-4-3-5-7-9/h2-7,11H,1,8,14H2. The van der Waals surface area contributed by atoms with Crippen molar-refractivity contribution in [2.24, 2.45) is 0 Å². The van der Waals surface area contributed by atoms with Gasteiger partial charge in [-0.05, 0) is 0 Å². The van der Waals surface area contributed by atoms with Crippen molar-refractivity contribution in [1.82, 2.24) is 0 Å². The van der Waals surface area contributed by atoms with Gasteiger partial charge < -0.3 is 5.11 Å². The molecule has 0 amide bonds. The molecule has 2 unspecified atom stereocenters. The van der Waals surface area contributed by atoms with Gasteiger partial charge in [0.05, 0.1) is 0 Å². The van der Waals surface area contributed by atoms with Crippen molar-refractivity contribution in [3.63, 3.8) is 0 Å². The largest absolute Gasteiger partial charge is 0.361 e. The Hall–Kier alpha value is -0.890. The Morgan fingerprint density at radius 3 is 2.64 bits per heavy atom. The molecule has 0 radical (unpaired) electrons. The molecule has 0 aliphatic carbocycles. The van der Waals surface area contributed by atoms with Crippen LogP contribution < -0.4 is 0 Å². The highest BCUT2D eigenvalue weighted by Crippen LogP contribution is 2.30. The monoisotopic (exact) mass is 212 g/mol. The van der Waals surface area contributed by atoms with Crippen LogP contribution in [0.1, 0.15) is 12.0 Å². The zero-order valence-electron chi connectivity index (χ0n) is 7.72. The van der Waals surface area contributed by atoms with Gasteiger partial charge in [-0.3, -0.25) is 9.09 Å². The van der Waals surface area contributed by atoms with E-state index in [2.05, 4.69) is 6.58 Å². The maximum atomic E-state index is 10.5. The van der Waals surface area contributed by atoms with E-state index in [-0.39, 0.29) is 6.42 Å². The first-order valence-corrected chi connectivity index (χ1v) is 5.17. The third kappa shape index (κ3) is 2.55. The van der Waals surface area contributed by atoms with Gasteiger partial charge in [-0.15, -0.1) is 6.58 Å². The van der Waals surface area contributed by atoms with Gasteiger partial charge in [0, 0.05) is 12.0 Å². The molecular weight excluding hydrogens is 199 g/mol. The van der Waals surface area contributed by atoms with Gasteiger partial charge in [-0.25, -0.2) is 0 Å². The Morgan fingerprint density at radius 2 is 2.14 bits per heavy atom. The smallest absolute Gasteiger partial charge is 0.202 e. The van der Waals surface area contributed by atoms with E-state index in [1.807, 2.05) is 6.07 Å². The normalized spacial score (nSPS) is 15.5. The second kappa shape index (κ2) is 5.11. The quantitative estimate of drug-likeness (QED) is 0.462. The van der Waals surface area contributed by atoms with Crippen LogP contribution in [0.4, 0.5) is 0 Å². The molecule has 2 atom stereocenters. The van der Waals surface area contributed by atoms with E-state index in [4.69, 9.17) is 4.52 Å². The molecule has 3 nitrogen and oxygen atoms in total. The fourth-order valence-corrected chi connectivity index (χ4v) is 1.60. The van der Waals surface area contributed by atoms with Crippen molar-refractivity contribution >= 4 is 8.69 Å². The summed E-state index contributed by atoms with van der Waals surface area (Å²) in [6.07, 6.45) is 1.74. The summed E-state index contributed by atoms with van der Waals surface area (Å²) in [5.41, 5.74) is 0.586. The molecule has 76 valence electrons. The highest BCUT2D eigenvalue weighted by Gasteiger charge is 2.28. The predicted octanol–water partition coefficient (Wildman–Crippen LogP) is 2.10. The number of rotatable bonds is 5. The lowest BCUT2D eigenvalue weighted by Crippen LogP contribution is -2.25. The summed E-state index contributed by atoms with van der Waals surface area (Å²) in [5.74, 6) is -1.50. The average Bonchev–Trinajstić information content (AvgIpc) is 2.20. The lowest BCUT2D eigenvalue weighted by molar-refractivity contribution is -0.135. The van der Waals surface area contributed by atoms with Crippen molar-refractivity contribution in [1.29, 1.82) is 0 Å². The maximum absolute atomic E-state index is 10.5. The molecule has 0 aliphatic rings. The average molecular weight is 212 g/mol. The first-order chi connectivity index (χ1) is 6.73. The summed E-state index contributed by atoms with van der Waals surface area (Å²) < 4.78 is 15.3. The molecule has 0 saturated carbocycles. The third-order valence-electron chi connectivity index (χ3n) is 1.89. The molecule has 0 aromatic heterocycles. The molecule has 0 fully saturated rings. The van der Waals surface area contributed by atoms with Crippen LogP contribution in [0.2, 0.25) is 0 Å². The zero-order valence-corrected chi connectivity index (χ0v) is 8.87. The molecule has 1 N–H and O–H groups in total. The van der Waals surface area contributed by atoms with Crippen LogP contribution in [0, 0.1) is 0 Å². The zero-order chi connectivity index (χ0) is 10.4. The number of aliphatic hydroxyl groups is 1. The van der Waals surface area contributed by atoms with Gasteiger partial charge in [0.25, 0.3) is 0 Å². The van der Waals surface area contributed by atoms with Gasteiger partial charge in [-0.2, -0.15) is 0 Å². The van der Waals surface area contributed by atoms with Crippen molar-refractivity contribution < 1.29 is 14.2 Å². The van der Waals surface area contributed by atoms with Gasteiger partial charge in [-0.1, -0.05) is 36.4 Å². The van der Waals surface area contributed by atoms with E-state index in [0.29, 0.717) is 5.56 Å². The summed E-state index contributed by atoms with van der Waals surface area (Å²) >= 11 is 0. The molecular formula is C10H13O3P. The van der Waals surface area contributed by atoms with Crippen molar-refractivity contribution in [2.45, 2.75) is 12.2 Å². The molecule has 1 aromatic rings. The lowest BCUT2D eigenvalue weighted by atomic mass is 10.0. The molecule has 0 saturated heterocycles. The van der Waals surface area contributed by atoms with Crippen LogP contribution in [0.15, 0.2) is 43.0 Å². The second-order valence-electron chi connectivity index (χ2n) is 2.86. The fourth-order valence-electron chi connectivity index (χ4n) is 1.21. The first kappa shape index (κ1) is 11.2. The molecule has 0 bridgehead atoms. The van der Waals surface area contributed by atoms with E-state index in [1.165, 1.54) is 6.08 Å². The summed E-state index contributed by atoms with van der Waals surface area (Å²) in [7, 11) is -1.45. The van der Waals surface area contributed by atoms with Crippen molar-refractivity contribution in [3.8, 4) is 0 Å². The Morgan fingerprint density at radius 1 is 1.50 bits per heavy atom. The lowest BCUT2D eigenvalue weighted by Gasteiger charge is -2.24. The van der Waals surface area contributed by atoms with Crippen LogP contribution in [0.5, 0.6) is 0 Å². The van der Waals surface area contributed by atoms with Gasteiger partial charge in [0.2, 0.25) is 5.79 Å². The summed E-state index contributed by atoms with van der Waals surface area (Å²) in [5, 5.41) is 10.0. The van der Waals surface area contributed by atoms with Gasteiger partial charge >= 0.3 is 0 Å². The highest BCUT2D eigenvalue weighted by molar-refractivity contribution is 7.17. The molecule has 0 aliphatic heterocycles. The Kier molecular flexibility index (Phi) is 4.08. The number of hydrogen-bond acceptors (Lipinski definition) is 3. The summed E-state index contributed by atoms with van der Waals surface area (Å²) in [6.45, 7) is 3.52. The van der Waals surface area contributed by atoms with E-state index < -0.39 is 14.5 Å². The van der Waals surface area contributed by atoms with E-state index in [9.17, 15) is 9.67 Å². The Labute approximate surface area is 84.3 Å². The molecule has 4 heteroatoms. The Bertz CT molecular complexity index is 300. The van der Waals surface area contributed by atoms with Crippen LogP contribution in [0.25, 0.3) is 0 Å². The van der Waals surface area contributed by atoms with E-state index >= 15 is 0 Å². The van der Waals surface area contributed by atoms with Crippen LogP contribution in [-0.4, -0.2) is 5.11 Å². The second-order valence-corrected chi connectivity index (χ2v) is 3.29. The van der Waals surface area contributed by atoms with Gasteiger partial charge in [0.1, 0.15) is 0 Å². The van der Waals surface area contributed by atoms with E-state index in [0.717, 1.165) is 0 Å². The van der Waals surface area contributed by atoms with Crippen LogP contribution in [-0.2, 0) is 14.9 Å². The molecule has 1 aromatic carbocycles. The molecule has 14 heavy (non-hydrogen) atoms. The third-order valence-corrected chi connectivity index (χ3v) is 2.38. The van der Waals surface area contributed by atoms with Gasteiger partial charge in [0.15, 0.2) is 8.69 Å². The fraction of sp³-hybridized carbons (Fsp3) is 0.200. The Balaban J connectivity index is 2.98. The minimum atomic E-state index is -1.50. The molecule has 0 heterocycles. The molecule has 1 rings (SSSR count). The molecule has 0 spiro atoms.